The maximum Gasteiger partial charge on any atom is 0.338 e. The predicted molar refractivity (Wildman–Crippen MR) is 66.6 cm³/mol. The van der Waals surface area contributed by atoms with Crippen LogP contribution in [0.2, 0.25) is 13.1 Å². The first-order valence-electron chi connectivity index (χ1n) is 4.96. The minimum Gasteiger partial charge on any atom is -0.465 e. The molecule has 2 radical (unpaired) electrons. The van der Waals surface area contributed by atoms with Gasteiger partial charge >= 0.3 is 11.9 Å². The van der Waals surface area contributed by atoms with E-state index in [0.717, 1.165) is 9.52 Å². The van der Waals surface area contributed by atoms with Gasteiger partial charge in [0.05, 0.1) is 25.3 Å². The Labute approximate surface area is 104 Å². The van der Waals surface area contributed by atoms with Crippen LogP contribution >= 0.6 is 0 Å². The van der Waals surface area contributed by atoms with Crippen LogP contribution in [-0.2, 0) is 9.47 Å². The number of carbonyl (C=O) groups excluding carboxylic acids is 2. The van der Waals surface area contributed by atoms with E-state index >= 15 is 0 Å². The summed E-state index contributed by atoms with van der Waals surface area (Å²) in [7, 11) is 3.60. The summed E-state index contributed by atoms with van der Waals surface area (Å²) in [6.07, 6.45) is 0. The van der Waals surface area contributed by atoms with Gasteiger partial charge in [-0.05, 0) is 12.1 Å². The molecule has 0 saturated heterocycles. The van der Waals surface area contributed by atoms with E-state index in [2.05, 4.69) is 22.6 Å². The smallest absolute Gasteiger partial charge is 0.338 e. The Bertz CT molecular complexity index is 342. The van der Waals surface area contributed by atoms with Gasteiger partial charge in [-0.2, -0.15) is 0 Å². The molecule has 0 amide bonds. The van der Waals surface area contributed by atoms with Gasteiger partial charge in [-0.15, -0.1) is 0 Å². The van der Waals surface area contributed by atoms with Crippen LogP contribution in [0.3, 0.4) is 0 Å². The zero-order valence-electron chi connectivity index (χ0n) is 10.4. The number of hydrogen-bond donors (Lipinski definition) is 0. The van der Waals surface area contributed by atoms with E-state index in [-0.39, 0.29) is 11.1 Å². The van der Waals surface area contributed by atoms with Gasteiger partial charge in [0.2, 0.25) is 0 Å². The van der Waals surface area contributed by atoms with Gasteiger partial charge in [0.25, 0.3) is 0 Å². The highest BCUT2D eigenvalue weighted by Gasteiger charge is 2.16. The minimum absolute atomic E-state index is 0.210. The average molecular weight is 252 g/mol. The summed E-state index contributed by atoms with van der Waals surface area (Å²) in [6.45, 7) is 4.31. The second-order valence-electron chi connectivity index (χ2n) is 3.03. The summed E-state index contributed by atoms with van der Waals surface area (Å²) >= 11 is 0. The molecule has 0 N–H and O–H groups in total. The second-order valence-corrected chi connectivity index (χ2v) is 4.03. The third-order valence-electron chi connectivity index (χ3n) is 1.74. The van der Waals surface area contributed by atoms with E-state index in [1.165, 1.54) is 26.4 Å². The van der Waals surface area contributed by atoms with Crippen LogP contribution in [0.15, 0.2) is 24.3 Å². The van der Waals surface area contributed by atoms with Crippen LogP contribution in [0.4, 0.5) is 0 Å². The molecule has 0 spiro atoms. The van der Waals surface area contributed by atoms with Crippen LogP contribution < -0.4 is 0 Å². The first-order chi connectivity index (χ1) is 8.12. The Kier molecular flexibility index (Phi) is 7.71. The quantitative estimate of drug-likeness (QED) is 0.597. The number of hydrogen-bond acceptors (Lipinski definition) is 4. The van der Waals surface area contributed by atoms with Crippen molar-refractivity contribution in [2.75, 3.05) is 14.2 Å². The Morgan fingerprint density at radius 1 is 0.941 bits per heavy atom. The zero-order valence-corrected chi connectivity index (χ0v) is 11.4. The fraction of sp³-hybridized carbons (Fsp3) is 0.333. The summed E-state index contributed by atoms with van der Waals surface area (Å²) < 4.78 is 9.05. The van der Waals surface area contributed by atoms with Gasteiger partial charge in [-0.3, -0.25) is 0 Å². The Morgan fingerprint density at radius 2 is 1.24 bits per heavy atom. The van der Waals surface area contributed by atoms with Gasteiger partial charge in [-0.25, -0.2) is 9.59 Å². The van der Waals surface area contributed by atoms with Crippen molar-refractivity contribution in [1.82, 2.24) is 0 Å². The molecule has 0 bridgehead atoms. The van der Waals surface area contributed by atoms with Gasteiger partial charge in [-0.1, -0.05) is 25.2 Å². The van der Waals surface area contributed by atoms with Gasteiger partial charge < -0.3 is 9.47 Å². The van der Waals surface area contributed by atoms with Gasteiger partial charge in [0, 0.05) is 9.52 Å². The summed E-state index contributed by atoms with van der Waals surface area (Å²) in [5, 5.41) is 0. The van der Waals surface area contributed by atoms with Crippen molar-refractivity contribution in [2.24, 2.45) is 0 Å². The maximum atomic E-state index is 11.2. The number of carbonyl (C=O) groups is 2. The third-order valence-corrected chi connectivity index (χ3v) is 1.74. The molecule has 1 rings (SSSR count). The van der Waals surface area contributed by atoms with Crippen molar-refractivity contribution in [1.29, 1.82) is 0 Å². The third kappa shape index (κ3) is 4.82. The van der Waals surface area contributed by atoms with Crippen LogP contribution in [0.25, 0.3) is 0 Å². The first-order valence-corrected chi connectivity index (χ1v) is 6.96. The molecule has 0 fully saturated rings. The predicted octanol–water partition coefficient (Wildman–Crippen LogP) is 2.05. The largest absolute Gasteiger partial charge is 0.465 e. The molecule has 0 unspecified atom stereocenters. The minimum atomic E-state index is -0.550. The molecule has 5 heteroatoms. The molecular formula is C12H16O4Si. The maximum absolute atomic E-state index is 11.2. The topological polar surface area (TPSA) is 52.6 Å². The standard InChI is InChI=1S/C10H10O4.C2H6Si/c1-13-9(11)7-5-3-4-6-8(7)10(12)14-2;1-3-2/h3-6H,1-2H3;1-2H3. The number of methoxy groups -OCH3 is 2. The van der Waals surface area contributed by atoms with E-state index in [0.29, 0.717) is 0 Å². The molecule has 0 aliphatic heterocycles. The molecule has 17 heavy (non-hydrogen) atoms. The number of esters is 2. The van der Waals surface area contributed by atoms with Crippen molar-refractivity contribution in [3.8, 4) is 0 Å². The van der Waals surface area contributed by atoms with E-state index in [1.807, 2.05) is 0 Å². The molecule has 4 nitrogen and oxygen atoms in total. The molecule has 92 valence electrons. The lowest BCUT2D eigenvalue weighted by Gasteiger charge is -2.04. The van der Waals surface area contributed by atoms with Crippen LogP contribution in [0.5, 0.6) is 0 Å². The van der Waals surface area contributed by atoms with Gasteiger partial charge in [0.15, 0.2) is 0 Å². The Morgan fingerprint density at radius 3 is 1.47 bits per heavy atom. The summed E-state index contributed by atoms with van der Waals surface area (Å²) in [5.41, 5.74) is 0.420. The lowest BCUT2D eigenvalue weighted by molar-refractivity contribution is 0.0555. The normalized spacial score (nSPS) is 8.71. The molecule has 0 heterocycles. The molecular weight excluding hydrogens is 236 g/mol. The fourth-order valence-electron chi connectivity index (χ4n) is 1.06. The molecule has 0 aliphatic carbocycles. The molecule has 1 aromatic rings. The summed E-state index contributed by atoms with van der Waals surface area (Å²) in [6, 6.07) is 6.33. The number of ether oxygens (including phenoxy) is 2. The molecule has 0 atom stereocenters. The Balaban J connectivity index is 0.000000770. The van der Waals surface area contributed by atoms with E-state index in [1.54, 1.807) is 12.1 Å². The second kappa shape index (κ2) is 8.52. The zero-order chi connectivity index (χ0) is 13.3. The summed E-state index contributed by atoms with van der Waals surface area (Å²) in [5.74, 6) is -1.10. The van der Waals surface area contributed by atoms with E-state index < -0.39 is 11.9 Å². The first kappa shape index (κ1) is 15.4. The number of benzene rings is 1. The lowest BCUT2D eigenvalue weighted by atomic mass is 10.1. The highest BCUT2D eigenvalue weighted by atomic mass is 28.2. The van der Waals surface area contributed by atoms with E-state index in [9.17, 15) is 9.59 Å². The number of rotatable bonds is 2. The van der Waals surface area contributed by atoms with Crippen molar-refractivity contribution in [3.05, 3.63) is 35.4 Å². The van der Waals surface area contributed by atoms with E-state index in [4.69, 9.17) is 0 Å². The molecule has 1 aromatic carbocycles. The lowest BCUT2D eigenvalue weighted by Crippen LogP contribution is -2.11. The summed E-state index contributed by atoms with van der Waals surface area (Å²) in [4.78, 5) is 22.4. The van der Waals surface area contributed by atoms with Crippen molar-refractivity contribution >= 4 is 21.5 Å². The van der Waals surface area contributed by atoms with Crippen LogP contribution in [0.1, 0.15) is 20.7 Å². The monoisotopic (exact) mass is 252 g/mol. The highest BCUT2D eigenvalue weighted by Crippen LogP contribution is 2.10. The van der Waals surface area contributed by atoms with Crippen molar-refractivity contribution in [3.63, 3.8) is 0 Å². The highest BCUT2D eigenvalue weighted by molar-refractivity contribution is 6.31. The SMILES string of the molecule is COC(=O)c1ccccc1C(=O)OC.C[Si]C. The average Bonchev–Trinajstić information content (AvgIpc) is 2.37. The molecule has 0 aliphatic rings. The molecule has 0 aromatic heterocycles. The van der Waals surface area contributed by atoms with Crippen molar-refractivity contribution < 1.29 is 19.1 Å². The van der Waals surface area contributed by atoms with Crippen LogP contribution in [-0.4, -0.2) is 35.7 Å². The molecule has 0 saturated carbocycles. The fourth-order valence-corrected chi connectivity index (χ4v) is 1.06. The van der Waals surface area contributed by atoms with Crippen LogP contribution in [0, 0.1) is 0 Å². The van der Waals surface area contributed by atoms with Crippen molar-refractivity contribution in [2.45, 2.75) is 13.1 Å². The van der Waals surface area contributed by atoms with Gasteiger partial charge in [0.1, 0.15) is 0 Å². The Hall–Kier alpha value is -1.62.